The van der Waals surface area contributed by atoms with E-state index >= 15 is 0 Å². The van der Waals surface area contributed by atoms with Gasteiger partial charge in [0.25, 0.3) is 0 Å². The fourth-order valence-corrected chi connectivity index (χ4v) is 3.64. The third kappa shape index (κ3) is 5.38. The van der Waals surface area contributed by atoms with Crippen LogP contribution in [0.3, 0.4) is 0 Å². The highest BCUT2D eigenvalue weighted by atomic mass is 14.4. The van der Waals surface area contributed by atoms with E-state index in [1.807, 2.05) is 0 Å². The van der Waals surface area contributed by atoms with E-state index in [1.165, 1.54) is 48.8 Å². The van der Waals surface area contributed by atoms with E-state index in [-0.39, 0.29) is 5.41 Å². The Kier molecular flexibility index (Phi) is 7.32. The number of unbranched alkanes of at least 4 members (excludes halogenated alkanes) is 4. The number of rotatable bonds is 8. The summed E-state index contributed by atoms with van der Waals surface area (Å²) >= 11 is 0. The summed E-state index contributed by atoms with van der Waals surface area (Å²) in [4.78, 5) is 0. The van der Waals surface area contributed by atoms with Crippen molar-refractivity contribution in [1.82, 2.24) is 0 Å². The fraction of sp³-hybridized carbons (Fsp3) is 0.522. The number of hydrogen-bond donors (Lipinski definition) is 0. The van der Waals surface area contributed by atoms with E-state index in [1.54, 1.807) is 0 Å². The first-order valence-corrected chi connectivity index (χ1v) is 9.49. The average molecular weight is 322 g/mol. The molecule has 1 saturated carbocycles. The van der Waals surface area contributed by atoms with E-state index in [9.17, 15) is 0 Å². The van der Waals surface area contributed by atoms with Crippen LogP contribution in [0, 0.1) is 16.7 Å². The van der Waals surface area contributed by atoms with Crippen molar-refractivity contribution in [3.8, 4) is 6.07 Å². The molecule has 0 bridgehead atoms. The SMILES string of the molecule is CCCCCC/C=C/C(=C1/CCC(C)(CC#N)C1)c1ccccc1. The third-order valence-corrected chi connectivity index (χ3v) is 5.15. The fourth-order valence-electron chi connectivity index (χ4n) is 3.64. The quantitative estimate of drug-likeness (QED) is 0.470. The molecule has 1 aromatic carbocycles. The molecule has 0 aliphatic heterocycles. The summed E-state index contributed by atoms with van der Waals surface area (Å²) in [6, 6.07) is 13.1. The van der Waals surface area contributed by atoms with Gasteiger partial charge in [-0.15, -0.1) is 0 Å². The van der Waals surface area contributed by atoms with Crippen LogP contribution in [0.4, 0.5) is 0 Å². The van der Waals surface area contributed by atoms with Crippen molar-refractivity contribution in [2.45, 2.75) is 71.6 Å². The Hall–Kier alpha value is -1.81. The zero-order chi connectivity index (χ0) is 17.3. The standard InChI is InChI=1S/C23H31N/c1-3-4-5-6-7-11-14-22(20-12-9-8-10-13-20)21-15-16-23(2,19-21)17-18-24/h8-14H,3-7,15-17,19H2,1-2H3/b14-11+,22-21+. The molecule has 1 heteroatoms. The Morgan fingerprint density at radius 1 is 1.21 bits per heavy atom. The third-order valence-electron chi connectivity index (χ3n) is 5.15. The molecular weight excluding hydrogens is 290 g/mol. The molecule has 1 nitrogen and oxygen atoms in total. The number of benzene rings is 1. The van der Waals surface area contributed by atoms with Crippen LogP contribution in [0.15, 0.2) is 48.1 Å². The first-order valence-electron chi connectivity index (χ1n) is 9.49. The number of hydrogen-bond acceptors (Lipinski definition) is 1. The van der Waals surface area contributed by atoms with E-state index in [4.69, 9.17) is 5.26 Å². The summed E-state index contributed by atoms with van der Waals surface area (Å²) in [5.74, 6) is 0. The minimum absolute atomic E-state index is 0.166. The van der Waals surface area contributed by atoms with Gasteiger partial charge in [0, 0.05) is 6.42 Å². The van der Waals surface area contributed by atoms with Crippen molar-refractivity contribution in [3.05, 3.63) is 53.6 Å². The molecule has 128 valence electrons. The van der Waals surface area contributed by atoms with Crippen LogP contribution in [-0.2, 0) is 0 Å². The molecule has 0 radical (unpaired) electrons. The summed E-state index contributed by atoms with van der Waals surface area (Å²) < 4.78 is 0. The molecule has 1 atom stereocenters. The van der Waals surface area contributed by atoms with Gasteiger partial charge in [-0.2, -0.15) is 5.26 Å². The second kappa shape index (κ2) is 9.48. The van der Waals surface area contributed by atoms with Crippen LogP contribution in [-0.4, -0.2) is 0 Å². The molecule has 0 saturated heterocycles. The van der Waals surface area contributed by atoms with Crippen LogP contribution in [0.2, 0.25) is 0 Å². The largest absolute Gasteiger partial charge is 0.198 e. The lowest BCUT2D eigenvalue weighted by atomic mass is 9.85. The van der Waals surface area contributed by atoms with Crippen molar-refractivity contribution in [3.63, 3.8) is 0 Å². The highest BCUT2D eigenvalue weighted by Gasteiger charge is 2.32. The Labute approximate surface area is 148 Å². The van der Waals surface area contributed by atoms with E-state index in [2.05, 4.69) is 62.4 Å². The molecular formula is C23H31N. The Morgan fingerprint density at radius 3 is 2.71 bits per heavy atom. The van der Waals surface area contributed by atoms with Gasteiger partial charge in [-0.25, -0.2) is 0 Å². The maximum Gasteiger partial charge on any atom is 0.0627 e. The average Bonchev–Trinajstić information content (AvgIpc) is 2.97. The van der Waals surface area contributed by atoms with Gasteiger partial charge in [-0.3, -0.25) is 0 Å². The molecule has 2 rings (SSSR count). The highest BCUT2D eigenvalue weighted by molar-refractivity contribution is 5.77. The van der Waals surface area contributed by atoms with Crippen LogP contribution in [0.1, 0.15) is 77.2 Å². The Bertz CT molecular complexity index is 603. The van der Waals surface area contributed by atoms with Gasteiger partial charge in [0.15, 0.2) is 0 Å². The zero-order valence-electron chi connectivity index (χ0n) is 15.4. The van der Waals surface area contributed by atoms with Crippen LogP contribution < -0.4 is 0 Å². The predicted octanol–water partition coefficient (Wildman–Crippen LogP) is 7.07. The number of nitriles is 1. The molecule has 1 aliphatic rings. The summed E-state index contributed by atoms with van der Waals surface area (Å²) in [6.45, 7) is 4.52. The molecule has 0 heterocycles. The molecule has 0 spiro atoms. The summed E-state index contributed by atoms with van der Waals surface area (Å²) in [5.41, 5.74) is 4.41. The highest BCUT2D eigenvalue weighted by Crippen LogP contribution is 2.46. The van der Waals surface area contributed by atoms with E-state index in [0.717, 1.165) is 19.3 Å². The predicted molar refractivity (Wildman–Crippen MR) is 103 cm³/mol. The molecule has 1 aromatic rings. The smallest absolute Gasteiger partial charge is 0.0627 e. The van der Waals surface area contributed by atoms with Gasteiger partial charge in [0.2, 0.25) is 0 Å². The van der Waals surface area contributed by atoms with Gasteiger partial charge in [-0.1, -0.05) is 81.2 Å². The first kappa shape index (κ1) is 18.5. The first-order chi connectivity index (χ1) is 11.7. The number of allylic oxidation sites excluding steroid dienone is 4. The van der Waals surface area contributed by atoms with Crippen molar-refractivity contribution in [2.24, 2.45) is 5.41 Å². The van der Waals surface area contributed by atoms with Crippen LogP contribution >= 0.6 is 0 Å². The van der Waals surface area contributed by atoms with Crippen molar-refractivity contribution in [2.75, 3.05) is 0 Å². The van der Waals surface area contributed by atoms with Crippen molar-refractivity contribution in [1.29, 1.82) is 5.26 Å². The molecule has 0 aromatic heterocycles. The van der Waals surface area contributed by atoms with Gasteiger partial charge in [-0.05, 0) is 48.7 Å². The zero-order valence-corrected chi connectivity index (χ0v) is 15.4. The number of nitrogens with zero attached hydrogens (tertiary/aromatic N) is 1. The Balaban J connectivity index is 2.14. The van der Waals surface area contributed by atoms with Crippen molar-refractivity contribution >= 4 is 5.57 Å². The summed E-state index contributed by atoms with van der Waals surface area (Å²) in [5, 5.41) is 9.10. The lowest BCUT2D eigenvalue weighted by Gasteiger charge is -2.18. The lowest BCUT2D eigenvalue weighted by molar-refractivity contribution is 0.353. The minimum atomic E-state index is 0.166. The second-order valence-electron chi connectivity index (χ2n) is 7.46. The minimum Gasteiger partial charge on any atom is -0.198 e. The van der Waals surface area contributed by atoms with Crippen molar-refractivity contribution < 1.29 is 0 Å². The molecule has 1 fully saturated rings. The lowest BCUT2D eigenvalue weighted by Crippen LogP contribution is -2.09. The molecule has 24 heavy (non-hydrogen) atoms. The maximum atomic E-state index is 9.10. The van der Waals surface area contributed by atoms with Gasteiger partial charge in [0.05, 0.1) is 6.07 Å². The molecule has 1 aliphatic carbocycles. The van der Waals surface area contributed by atoms with Gasteiger partial charge in [0.1, 0.15) is 0 Å². The topological polar surface area (TPSA) is 23.8 Å². The monoisotopic (exact) mass is 321 g/mol. The molecule has 0 N–H and O–H groups in total. The maximum absolute atomic E-state index is 9.10. The van der Waals surface area contributed by atoms with Gasteiger partial charge < -0.3 is 0 Å². The summed E-state index contributed by atoms with van der Waals surface area (Å²) in [7, 11) is 0. The van der Waals surface area contributed by atoms with Gasteiger partial charge >= 0.3 is 0 Å². The second-order valence-corrected chi connectivity index (χ2v) is 7.46. The molecule has 1 unspecified atom stereocenters. The molecule has 0 amide bonds. The van der Waals surface area contributed by atoms with E-state index < -0.39 is 0 Å². The summed E-state index contributed by atoms with van der Waals surface area (Å²) in [6.07, 6.45) is 15.1. The normalized spacial score (nSPS) is 22.7. The van der Waals surface area contributed by atoms with E-state index in [0.29, 0.717) is 6.42 Å². The van der Waals surface area contributed by atoms with Crippen LogP contribution in [0.25, 0.3) is 5.57 Å². The van der Waals surface area contributed by atoms with Crippen LogP contribution in [0.5, 0.6) is 0 Å². The Morgan fingerprint density at radius 2 is 2.00 bits per heavy atom.